The van der Waals surface area contributed by atoms with Gasteiger partial charge in [0, 0.05) is 12.2 Å². The Balaban J connectivity index is 2.95. The lowest BCUT2D eigenvalue weighted by Crippen LogP contribution is -2.15. The summed E-state index contributed by atoms with van der Waals surface area (Å²) in [5.41, 5.74) is 4.35. The molecule has 1 fully saturated rings. The highest BCUT2D eigenvalue weighted by molar-refractivity contribution is 5.36. The number of hydrogen-bond donors (Lipinski definition) is 1. The van der Waals surface area contributed by atoms with Crippen molar-refractivity contribution in [3.8, 4) is 0 Å². The maximum atomic E-state index is 3.57. The van der Waals surface area contributed by atoms with Crippen molar-refractivity contribution < 1.29 is 0 Å². The molecule has 1 aliphatic heterocycles. The third kappa shape index (κ3) is 3.58. The first-order valence-electron chi connectivity index (χ1n) is 6.05. The van der Waals surface area contributed by atoms with Crippen LogP contribution < -0.4 is 5.32 Å². The second-order valence-electron chi connectivity index (χ2n) is 4.11. The number of allylic oxidation sites excluding steroid dienone is 5. The van der Waals surface area contributed by atoms with E-state index in [2.05, 4.69) is 44.3 Å². The largest absolute Gasteiger partial charge is 0.385 e. The van der Waals surface area contributed by atoms with Crippen LogP contribution in [0.1, 0.15) is 46.5 Å². The van der Waals surface area contributed by atoms with Crippen molar-refractivity contribution >= 4 is 0 Å². The van der Waals surface area contributed by atoms with Crippen molar-refractivity contribution in [2.75, 3.05) is 6.54 Å². The average Bonchev–Trinajstić information content (AvgIpc) is 2.50. The van der Waals surface area contributed by atoms with Crippen molar-refractivity contribution in [1.82, 2.24) is 5.32 Å². The molecule has 0 spiro atoms. The Kier molecular flexibility index (Phi) is 5.23. The molecule has 84 valence electrons. The van der Waals surface area contributed by atoms with Crippen LogP contribution in [0.5, 0.6) is 0 Å². The normalized spacial score (nSPS) is 24.1. The van der Waals surface area contributed by atoms with Crippen molar-refractivity contribution in [1.29, 1.82) is 0 Å². The fraction of sp³-hybridized carbons (Fsp3) is 0.571. The van der Waals surface area contributed by atoms with Gasteiger partial charge in [0.05, 0.1) is 0 Å². The summed E-state index contributed by atoms with van der Waals surface area (Å²) in [6.07, 6.45) is 11.4. The summed E-state index contributed by atoms with van der Waals surface area (Å²) in [5, 5.41) is 3.57. The zero-order valence-corrected chi connectivity index (χ0v) is 10.3. The van der Waals surface area contributed by atoms with Gasteiger partial charge in [-0.25, -0.2) is 0 Å². The van der Waals surface area contributed by atoms with Gasteiger partial charge in [-0.2, -0.15) is 0 Å². The van der Waals surface area contributed by atoms with Crippen molar-refractivity contribution in [2.24, 2.45) is 0 Å². The zero-order valence-electron chi connectivity index (χ0n) is 10.3. The molecule has 1 rings (SSSR count). The Morgan fingerprint density at radius 2 is 2.20 bits per heavy atom. The third-order valence-electron chi connectivity index (χ3n) is 2.94. The highest BCUT2D eigenvalue weighted by Gasteiger charge is 2.10. The second-order valence-corrected chi connectivity index (χ2v) is 4.11. The molecule has 0 atom stereocenters. The Morgan fingerprint density at radius 1 is 1.40 bits per heavy atom. The summed E-state index contributed by atoms with van der Waals surface area (Å²) in [6.45, 7) is 7.65. The predicted molar refractivity (Wildman–Crippen MR) is 67.7 cm³/mol. The fourth-order valence-electron chi connectivity index (χ4n) is 1.87. The van der Waals surface area contributed by atoms with Crippen LogP contribution in [0.2, 0.25) is 0 Å². The summed E-state index contributed by atoms with van der Waals surface area (Å²) in [4.78, 5) is 0. The van der Waals surface area contributed by atoms with Gasteiger partial charge in [-0.05, 0) is 45.1 Å². The van der Waals surface area contributed by atoms with Gasteiger partial charge < -0.3 is 5.32 Å². The predicted octanol–water partition coefficient (Wildman–Crippen LogP) is 3.95. The standard InChI is InChI=1S/C14H23N/c1-4-6-9-13-10-7-8-11-15-14(13)12(3)5-2/h4,6,9,15H,5,7-8,10-11H2,1-3H3/b6-4-,13-9-,14-12-. The van der Waals surface area contributed by atoms with E-state index in [-0.39, 0.29) is 0 Å². The van der Waals surface area contributed by atoms with E-state index in [1.54, 1.807) is 0 Å². The van der Waals surface area contributed by atoms with Crippen molar-refractivity contribution in [2.45, 2.75) is 46.5 Å². The van der Waals surface area contributed by atoms with E-state index >= 15 is 0 Å². The minimum absolute atomic E-state index is 1.12. The third-order valence-corrected chi connectivity index (χ3v) is 2.94. The lowest BCUT2D eigenvalue weighted by Gasteiger charge is -2.13. The van der Waals surface area contributed by atoms with E-state index in [0.29, 0.717) is 0 Å². The second kappa shape index (κ2) is 6.49. The smallest absolute Gasteiger partial charge is 0.0361 e. The molecule has 0 radical (unpaired) electrons. The molecular weight excluding hydrogens is 182 g/mol. The van der Waals surface area contributed by atoms with Gasteiger partial charge in [0.25, 0.3) is 0 Å². The molecule has 1 saturated heterocycles. The van der Waals surface area contributed by atoms with Gasteiger partial charge in [-0.1, -0.05) is 30.7 Å². The van der Waals surface area contributed by atoms with Crippen LogP contribution in [-0.4, -0.2) is 6.54 Å². The highest BCUT2D eigenvalue weighted by Crippen LogP contribution is 2.22. The molecule has 0 unspecified atom stereocenters. The molecule has 1 heteroatoms. The summed E-state index contributed by atoms with van der Waals surface area (Å²) >= 11 is 0. The van der Waals surface area contributed by atoms with E-state index in [1.807, 2.05) is 0 Å². The molecular formula is C14H23N. The minimum Gasteiger partial charge on any atom is -0.385 e. The zero-order chi connectivity index (χ0) is 11.1. The number of nitrogens with one attached hydrogen (secondary N) is 1. The Labute approximate surface area is 94.0 Å². The average molecular weight is 205 g/mol. The molecule has 15 heavy (non-hydrogen) atoms. The van der Waals surface area contributed by atoms with Gasteiger partial charge in [0.2, 0.25) is 0 Å². The van der Waals surface area contributed by atoms with E-state index in [4.69, 9.17) is 0 Å². The molecule has 1 aliphatic rings. The lowest BCUT2D eigenvalue weighted by atomic mass is 10.0. The summed E-state index contributed by atoms with van der Waals surface area (Å²) in [5.74, 6) is 0. The molecule has 0 aromatic rings. The molecule has 0 saturated carbocycles. The van der Waals surface area contributed by atoms with E-state index < -0.39 is 0 Å². The Bertz CT molecular complexity index is 282. The van der Waals surface area contributed by atoms with Gasteiger partial charge >= 0.3 is 0 Å². The fourth-order valence-corrected chi connectivity index (χ4v) is 1.87. The Hall–Kier alpha value is -0.980. The van der Waals surface area contributed by atoms with Gasteiger partial charge in [-0.15, -0.1) is 0 Å². The molecule has 1 nitrogen and oxygen atoms in total. The summed E-state index contributed by atoms with van der Waals surface area (Å²) in [6, 6.07) is 0. The van der Waals surface area contributed by atoms with Crippen LogP contribution in [0.3, 0.4) is 0 Å². The van der Waals surface area contributed by atoms with E-state index in [0.717, 1.165) is 13.0 Å². The minimum atomic E-state index is 1.12. The molecule has 0 bridgehead atoms. The molecule has 0 amide bonds. The first-order chi connectivity index (χ1) is 7.29. The quantitative estimate of drug-likeness (QED) is 0.720. The number of rotatable bonds is 2. The van der Waals surface area contributed by atoms with Crippen LogP contribution in [-0.2, 0) is 0 Å². The van der Waals surface area contributed by atoms with Crippen LogP contribution in [0.25, 0.3) is 0 Å². The van der Waals surface area contributed by atoms with Gasteiger partial charge in [0.1, 0.15) is 0 Å². The van der Waals surface area contributed by atoms with Gasteiger partial charge in [-0.3, -0.25) is 0 Å². The first kappa shape index (κ1) is 12.1. The number of hydrogen-bond acceptors (Lipinski definition) is 1. The monoisotopic (exact) mass is 205 g/mol. The van der Waals surface area contributed by atoms with Crippen LogP contribution in [0, 0.1) is 0 Å². The van der Waals surface area contributed by atoms with Crippen LogP contribution in [0.15, 0.2) is 35.1 Å². The highest BCUT2D eigenvalue weighted by atomic mass is 14.9. The van der Waals surface area contributed by atoms with E-state index in [1.165, 1.54) is 36.1 Å². The topological polar surface area (TPSA) is 12.0 Å². The van der Waals surface area contributed by atoms with E-state index in [9.17, 15) is 0 Å². The maximum Gasteiger partial charge on any atom is 0.0361 e. The first-order valence-corrected chi connectivity index (χ1v) is 6.05. The molecule has 1 N–H and O–H groups in total. The lowest BCUT2D eigenvalue weighted by molar-refractivity contribution is 0.728. The molecule has 1 heterocycles. The molecule has 0 aromatic carbocycles. The van der Waals surface area contributed by atoms with Crippen LogP contribution >= 0.6 is 0 Å². The maximum absolute atomic E-state index is 3.57. The van der Waals surface area contributed by atoms with Crippen molar-refractivity contribution in [3.63, 3.8) is 0 Å². The van der Waals surface area contributed by atoms with Crippen molar-refractivity contribution in [3.05, 3.63) is 35.1 Å². The molecule has 0 aromatic heterocycles. The summed E-state index contributed by atoms with van der Waals surface area (Å²) in [7, 11) is 0. The van der Waals surface area contributed by atoms with Gasteiger partial charge in [0.15, 0.2) is 0 Å². The SMILES string of the molecule is C\C=C/C=C1/CCCCN/C1=C(/C)CC. The Morgan fingerprint density at radius 3 is 2.87 bits per heavy atom. The molecule has 0 aliphatic carbocycles. The van der Waals surface area contributed by atoms with Crippen LogP contribution in [0.4, 0.5) is 0 Å². The summed E-state index contributed by atoms with van der Waals surface area (Å²) < 4.78 is 0.